The Morgan fingerprint density at radius 2 is 0.881 bits per heavy atom. The molecule has 5 aromatic rings. The highest BCUT2D eigenvalue weighted by atomic mass is 19.3. The molecule has 3 amide bonds. The lowest BCUT2D eigenvalue weighted by Gasteiger charge is -2.32. The fraction of sp³-hybridized carbons (Fsp3) is 0.529. The first-order valence-electron chi connectivity index (χ1n) is 28.1. The fourth-order valence-electron chi connectivity index (χ4n) is 9.92. The van der Waals surface area contributed by atoms with Gasteiger partial charge in [-0.1, -0.05) is 155 Å². The van der Waals surface area contributed by atoms with Gasteiger partial charge in [0.05, 0.1) is 0 Å². The lowest BCUT2D eigenvalue weighted by molar-refractivity contribution is -0.391. The van der Waals surface area contributed by atoms with E-state index in [0.29, 0.717) is 62.1 Å². The highest BCUT2D eigenvalue weighted by Gasteiger charge is 2.66. The Balaban J connectivity index is 0.000000518. The van der Waals surface area contributed by atoms with E-state index in [1.54, 1.807) is 11.0 Å². The fourth-order valence-corrected chi connectivity index (χ4v) is 9.92. The number of hydrogen-bond donors (Lipinski definition) is 1. The summed E-state index contributed by atoms with van der Waals surface area (Å²) < 4.78 is 70.7. The van der Waals surface area contributed by atoms with E-state index in [9.17, 15) is 31.9 Å². The van der Waals surface area contributed by atoms with E-state index in [1.807, 2.05) is 38.9 Å². The topological polar surface area (TPSA) is 107 Å². The van der Waals surface area contributed by atoms with Crippen LogP contribution in [-0.4, -0.2) is 68.7 Å². The number of halogens is 4. The lowest BCUT2D eigenvalue weighted by Crippen LogP contribution is -2.52. The predicted octanol–water partition coefficient (Wildman–Crippen LogP) is 17.8. The number of nitrogens with zero attached hydrogens (tertiary/aromatic N) is 2. The quantitative estimate of drug-likeness (QED) is 0.139. The zero-order valence-electron chi connectivity index (χ0n) is 48.5. The van der Waals surface area contributed by atoms with Crippen molar-refractivity contribution in [3.8, 4) is 23.0 Å². The van der Waals surface area contributed by atoms with Crippen LogP contribution in [0.1, 0.15) is 174 Å². The number of carbonyl (C=O) groups is 3. The third kappa shape index (κ3) is 21.5. The average Bonchev–Trinajstić information content (AvgIpc) is 3.28. The maximum atomic E-state index is 13.0. The summed E-state index contributed by atoms with van der Waals surface area (Å²) in [5.74, 6) is 4.53. The van der Waals surface area contributed by atoms with Crippen LogP contribution in [0.2, 0.25) is 0 Å². The van der Waals surface area contributed by atoms with Crippen molar-refractivity contribution in [2.45, 2.75) is 183 Å². The number of fused-ring (bicyclic) bond motifs is 5. The summed E-state index contributed by atoms with van der Waals surface area (Å²) >= 11 is 0. The third-order valence-corrected chi connectivity index (χ3v) is 13.7. The van der Waals surface area contributed by atoms with Crippen molar-refractivity contribution in [1.82, 2.24) is 4.90 Å². The van der Waals surface area contributed by atoms with Crippen LogP contribution in [0, 0.1) is 29.6 Å². The van der Waals surface area contributed by atoms with E-state index in [2.05, 4.69) is 137 Å². The van der Waals surface area contributed by atoms with Crippen molar-refractivity contribution >= 4 is 29.1 Å². The van der Waals surface area contributed by atoms with Crippen LogP contribution >= 0.6 is 0 Å². The zero-order chi connectivity index (χ0) is 57.8. The standard InChI is InChI=1S/2C14H19NO.C13H17NO.C12H12F4O2.C12H16O2.5CH4/c1-10(2)8-11-4-5-12-6-7-15(3)14(16)13(12)9-11;1-10(2)8-11-4-5-12-6-7-14(16)15(3)13(12)9-11;1-9(2)7-10-3-4-11-5-6-13(15)14-12(11)8-10;1-7(2)5-8-3-4-9-10(6-8)18-12(15,16)11(13,14)17-9;1-9(2)7-10-3-4-11-12(8-10)14-6-5-13-11;;;;;/h2*4-5,9-10H,6-8H2,1-3H3;3-4,8-9H,5-7H2,1-2H3,(H,14,15);3-4,6-7H,5H2,1-2H3;3-4,8-9H,5-7H2,1-2H3;5*1H4. The number of alkyl halides is 4. The minimum Gasteiger partial charge on any atom is -0.486 e. The van der Waals surface area contributed by atoms with Crippen molar-refractivity contribution < 1.29 is 50.9 Å². The van der Waals surface area contributed by atoms with Gasteiger partial charge in [0.1, 0.15) is 13.2 Å². The van der Waals surface area contributed by atoms with Crippen LogP contribution in [-0.2, 0) is 61.0 Å². The van der Waals surface area contributed by atoms with Crippen molar-refractivity contribution in [2.24, 2.45) is 29.6 Å². The van der Waals surface area contributed by atoms with E-state index in [1.165, 1.54) is 51.1 Å². The molecule has 84 heavy (non-hydrogen) atoms. The second-order valence-electron chi connectivity index (χ2n) is 23.4. The molecule has 14 heteroatoms. The second kappa shape index (κ2) is 33.8. The summed E-state index contributed by atoms with van der Waals surface area (Å²) in [6.07, 6.45) is -0.360. The molecule has 0 unspecified atom stereocenters. The monoisotopic (exact) mass is 1170 g/mol. The van der Waals surface area contributed by atoms with E-state index >= 15 is 0 Å². The first-order chi connectivity index (χ1) is 37.3. The molecule has 1 N–H and O–H groups in total. The summed E-state index contributed by atoms with van der Waals surface area (Å²) in [7, 11) is 3.75. The number of rotatable bonds is 10. The Bertz CT molecular complexity index is 2880. The molecular formula is C70H103F4N3O7. The average molecular weight is 1170 g/mol. The molecule has 0 spiro atoms. The molecule has 5 heterocycles. The molecule has 0 bridgehead atoms. The number of nitrogens with one attached hydrogen (secondary N) is 1. The van der Waals surface area contributed by atoms with Gasteiger partial charge in [-0.25, -0.2) is 0 Å². The highest BCUT2D eigenvalue weighted by molar-refractivity contribution is 5.97. The molecular weight excluding hydrogens is 1070 g/mol. The molecule has 0 saturated heterocycles. The number of hydrogen-bond acceptors (Lipinski definition) is 7. The molecule has 5 aliphatic rings. The molecule has 468 valence electrons. The molecule has 10 rings (SSSR count). The number of benzene rings is 5. The van der Waals surface area contributed by atoms with Gasteiger partial charge in [0, 0.05) is 50.4 Å². The largest absolute Gasteiger partial charge is 0.507 e. The SMILES string of the molecule is C.C.C.C.C.CC(C)Cc1ccc2c(c1)C(=O)N(C)CC2.CC(C)Cc1ccc2c(c1)N(C)C(=O)CC2.CC(C)Cc1ccc2c(c1)NC(=O)CC2.CC(C)Cc1ccc2c(c1)OC(F)(F)C(F)(F)O2.CC(C)Cc1ccc2c(c1)OCCO2. The predicted molar refractivity (Wildman–Crippen MR) is 340 cm³/mol. The zero-order valence-corrected chi connectivity index (χ0v) is 48.5. The van der Waals surface area contributed by atoms with Crippen molar-refractivity contribution in [2.75, 3.05) is 44.1 Å². The molecule has 0 fully saturated rings. The summed E-state index contributed by atoms with van der Waals surface area (Å²) in [4.78, 5) is 38.4. The Labute approximate surface area is 503 Å². The summed E-state index contributed by atoms with van der Waals surface area (Å²) in [6.45, 7) is 23.8. The van der Waals surface area contributed by atoms with Crippen LogP contribution in [0.4, 0.5) is 28.9 Å². The third-order valence-electron chi connectivity index (χ3n) is 13.7. The van der Waals surface area contributed by atoms with Crippen LogP contribution in [0.5, 0.6) is 23.0 Å². The Morgan fingerprint density at radius 1 is 0.464 bits per heavy atom. The normalized spacial score (nSPS) is 15.3. The molecule has 0 saturated carbocycles. The number of anilines is 2. The Morgan fingerprint density at radius 3 is 1.42 bits per heavy atom. The molecule has 0 atom stereocenters. The van der Waals surface area contributed by atoms with E-state index in [4.69, 9.17) is 9.47 Å². The molecule has 5 aliphatic heterocycles. The smallest absolute Gasteiger partial charge is 0.486 e. The Kier molecular flexibility index (Phi) is 30.4. The minimum absolute atomic E-state index is 0. The number of likely N-dealkylation sites (N-methyl/N-ethyl adjacent to an activating group) is 1. The lowest BCUT2D eigenvalue weighted by atomic mass is 9.94. The van der Waals surface area contributed by atoms with Gasteiger partial charge in [0.15, 0.2) is 23.0 Å². The molecule has 5 aromatic carbocycles. The van der Waals surface area contributed by atoms with Gasteiger partial charge >= 0.3 is 12.2 Å². The summed E-state index contributed by atoms with van der Waals surface area (Å²) in [5, 5.41) is 2.93. The first kappa shape index (κ1) is 75.4. The molecule has 0 aliphatic carbocycles. The first-order valence-corrected chi connectivity index (χ1v) is 28.1. The van der Waals surface area contributed by atoms with Crippen LogP contribution in [0.25, 0.3) is 0 Å². The van der Waals surface area contributed by atoms with Crippen LogP contribution in [0.15, 0.2) is 91.0 Å². The van der Waals surface area contributed by atoms with Gasteiger partial charge < -0.3 is 34.1 Å². The highest BCUT2D eigenvalue weighted by Crippen LogP contribution is 2.47. The van der Waals surface area contributed by atoms with Crippen molar-refractivity contribution in [1.29, 1.82) is 0 Å². The van der Waals surface area contributed by atoms with Gasteiger partial charge in [-0.15, -0.1) is 0 Å². The van der Waals surface area contributed by atoms with Gasteiger partial charge in [0.25, 0.3) is 5.91 Å². The number of aryl methyl sites for hydroxylation is 2. The minimum atomic E-state index is -4.66. The van der Waals surface area contributed by atoms with Crippen molar-refractivity contribution in [3.05, 3.63) is 141 Å². The molecule has 0 aromatic heterocycles. The van der Waals surface area contributed by atoms with E-state index in [-0.39, 0.29) is 66.4 Å². The maximum Gasteiger partial charge on any atom is 0.507 e. The van der Waals surface area contributed by atoms with Crippen molar-refractivity contribution in [3.63, 3.8) is 0 Å². The van der Waals surface area contributed by atoms with Gasteiger partial charge in [-0.2, -0.15) is 17.6 Å². The number of carbonyl (C=O) groups excluding carboxylic acids is 3. The van der Waals surface area contributed by atoms with Gasteiger partial charge in [0.2, 0.25) is 11.8 Å². The maximum absolute atomic E-state index is 13.0. The second-order valence-corrected chi connectivity index (χ2v) is 23.4. The molecule has 0 radical (unpaired) electrons. The Hall–Kier alpha value is -6.57. The summed E-state index contributed by atoms with van der Waals surface area (Å²) in [6, 6.07) is 29.6. The molecule has 10 nitrogen and oxygen atoms in total. The van der Waals surface area contributed by atoms with E-state index < -0.39 is 12.2 Å². The van der Waals surface area contributed by atoms with Gasteiger partial charge in [-0.3, -0.25) is 14.4 Å². The number of ether oxygens (including phenoxy) is 4. The van der Waals surface area contributed by atoms with E-state index in [0.717, 1.165) is 85.5 Å². The number of amides is 3. The van der Waals surface area contributed by atoms with Crippen LogP contribution < -0.4 is 29.2 Å². The van der Waals surface area contributed by atoms with Gasteiger partial charge in [-0.05, 0) is 168 Å². The summed E-state index contributed by atoms with van der Waals surface area (Å²) in [5.41, 5.74) is 12.8. The van der Waals surface area contributed by atoms with Crippen LogP contribution in [0.3, 0.4) is 0 Å².